The fourth-order valence-electron chi connectivity index (χ4n) is 7.83. The molecule has 0 aliphatic heterocycles. The Hall–Kier alpha value is -3.23. The van der Waals surface area contributed by atoms with E-state index >= 15 is 0 Å². The lowest BCUT2D eigenvalue weighted by molar-refractivity contribution is 0.00795. The second-order valence-electron chi connectivity index (χ2n) is 19.2. The van der Waals surface area contributed by atoms with Gasteiger partial charge in [0.1, 0.15) is 34.1 Å². The number of aromatic nitrogens is 2. The number of alkyl carbamates (subject to hydrolysis) is 2. The van der Waals surface area contributed by atoms with E-state index < -0.39 is 11.2 Å². The van der Waals surface area contributed by atoms with Crippen molar-refractivity contribution in [2.45, 2.75) is 178 Å². The molecule has 4 aliphatic carbocycles. The van der Waals surface area contributed by atoms with Crippen molar-refractivity contribution in [2.24, 2.45) is 0 Å². The first-order valence-electron chi connectivity index (χ1n) is 22.5. The van der Waals surface area contributed by atoms with Gasteiger partial charge in [-0.25, -0.2) is 9.59 Å². The van der Waals surface area contributed by atoms with E-state index in [1.54, 1.807) is 30.3 Å². The first-order chi connectivity index (χ1) is 30.8. The number of halogens is 5. The van der Waals surface area contributed by atoms with Crippen molar-refractivity contribution in [2.75, 3.05) is 0 Å². The number of benzene rings is 2. The van der Waals surface area contributed by atoms with E-state index in [1.165, 1.54) is 0 Å². The van der Waals surface area contributed by atoms with E-state index in [2.05, 4.69) is 20.9 Å². The summed E-state index contributed by atoms with van der Waals surface area (Å²) in [7, 11) is 0. The molecule has 0 atom stereocenters. The summed E-state index contributed by atoms with van der Waals surface area (Å²) >= 11 is 31.3. The Morgan fingerprint density at radius 1 is 0.631 bits per heavy atom. The summed E-state index contributed by atoms with van der Waals surface area (Å²) in [5.74, 6) is 2.98. The number of hydrogen-bond donors (Lipinski definition) is 3. The number of nitrogens with zero attached hydrogens (tertiary/aromatic N) is 2. The van der Waals surface area contributed by atoms with Crippen LogP contribution >= 0.6 is 58.0 Å². The molecule has 17 heteroatoms. The molecule has 2 heterocycles. The number of aliphatic hydroxyl groups excluding tert-OH is 1. The lowest BCUT2D eigenvalue weighted by Crippen LogP contribution is -2.41. The lowest BCUT2D eigenvalue weighted by Gasteiger charge is -2.30. The Labute approximate surface area is 407 Å². The first-order valence-corrected chi connectivity index (χ1v) is 24.5. The molecule has 4 aromatic rings. The monoisotopic (exact) mass is 996 g/mol. The van der Waals surface area contributed by atoms with Gasteiger partial charge in [-0.3, -0.25) is 0 Å². The van der Waals surface area contributed by atoms with Gasteiger partial charge in [-0.1, -0.05) is 68.8 Å². The van der Waals surface area contributed by atoms with Crippen LogP contribution in [0.3, 0.4) is 0 Å². The topological polar surface area (TPSA) is 158 Å². The number of aliphatic hydroxyl groups is 1. The van der Waals surface area contributed by atoms with Crippen LogP contribution in [0.25, 0.3) is 22.5 Å². The molecule has 2 amide bonds. The predicted octanol–water partition coefficient (Wildman–Crippen LogP) is 14.0. The van der Waals surface area contributed by atoms with E-state index in [4.69, 9.17) is 81.3 Å². The number of alkyl halides is 1. The van der Waals surface area contributed by atoms with Crippen LogP contribution < -0.4 is 10.6 Å². The van der Waals surface area contributed by atoms with Crippen LogP contribution in [0.4, 0.5) is 9.59 Å². The fourth-order valence-corrected chi connectivity index (χ4v) is 9.24. The highest BCUT2D eigenvalue weighted by atomic mass is 35.5. The number of nitrogens with one attached hydrogen (secondary N) is 2. The van der Waals surface area contributed by atoms with Gasteiger partial charge in [-0.2, -0.15) is 0 Å². The van der Waals surface area contributed by atoms with Crippen molar-refractivity contribution in [3.63, 3.8) is 0 Å². The zero-order chi connectivity index (χ0) is 47.1. The van der Waals surface area contributed by atoms with Crippen LogP contribution in [0.2, 0.25) is 20.1 Å². The molecule has 0 bridgehead atoms. The summed E-state index contributed by atoms with van der Waals surface area (Å²) in [4.78, 5) is 23.4. The van der Waals surface area contributed by atoms with E-state index in [-0.39, 0.29) is 36.5 Å². The third-order valence-electron chi connectivity index (χ3n) is 11.3. The van der Waals surface area contributed by atoms with Crippen LogP contribution in [0.15, 0.2) is 45.4 Å². The minimum atomic E-state index is -0.495. The van der Waals surface area contributed by atoms with Crippen molar-refractivity contribution in [1.29, 1.82) is 0 Å². The Bertz CT molecular complexity index is 2170. The maximum Gasteiger partial charge on any atom is 0.407 e. The van der Waals surface area contributed by atoms with Crippen LogP contribution in [0, 0.1) is 0 Å². The Balaban J connectivity index is 0.000000179. The zero-order valence-electron chi connectivity index (χ0n) is 37.9. The van der Waals surface area contributed by atoms with Gasteiger partial charge >= 0.3 is 12.2 Å². The van der Waals surface area contributed by atoms with Gasteiger partial charge in [0.2, 0.25) is 0 Å². The van der Waals surface area contributed by atoms with Crippen LogP contribution in [-0.4, -0.2) is 63.1 Å². The molecule has 8 rings (SSSR count). The van der Waals surface area contributed by atoms with E-state index in [0.717, 1.165) is 99.7 Å². The lowest BCUT2D eigenvalue weighted by atomic mass is 9.93. The average molecular weight is 999 g/mol. The number of carbonyl (C=O) groups is 2. The molecule has 0 unspecified atom stereocenters. The van der Waals surface area contributed by atoms with Crippen molar-refractivity contribution < 1.29 is 38.0 Å². The smallest absolute Gasteiger partial charge is 0.407 e. The summed E-state index contributed by atoms with van der Waals surface area (Å²) in [6.45, 7) is 11.5. The number of rotatable bonds is 10. The van der Waals surface area contributed by atoms with Crippen LogP contribution in [-0.2, 0) is 26.7 Å². The van der Waals surface area contributed by atoms with E-state index in [0.29, 0.717) is 66.9 Å². The second kappa shape index (κ2) is 22.7. The van der Waals surface area contributed by atoms with Crippen molar-refractivity contribution >= 4 is 70.2 Å². The summed E-state index contributed by atoms with van der Waals surface area (Å²) in [6.07, 6.45) is 10.3. The van der Waals surface area contributed by atoms with Crippen molar-refractivity contribution in [3.8, 4) is 22.5 Å². The van der Waals surface area contributed by atoms with Crippen molar-refractivity contribution in [3.05, 3.63) is 79.1 Å². The molecule has 0 saturated heterocycles. The molecular weight excluding hydrogens is 938 g/mol. The summed E-state index contributed by atoms with van der Waals surface area (Å²) in [5.41, 5.74) is 3.64. The summed E-state index contributed by atoms with van der Waals surface area (Å²) < 4.78 is 27.9. The Morgan fingerprint density at radius 3 is 1.40 bits per heavy atom. The SMILES string of the molecule is CC(C)(C)OC(=O)NC1CCC(O)CC1.CC(C)(C)OC(=O)NC1CCC(OCc2c(-c3c(Cl)cccc3Cl)noc2C2CC2)CC1.ClCc1c(-c2c(Cl)cccc2Cl)noc1C1CC1. The van der Waals surface area contributed by atoms with Crippen LogP contribution in [0.5, 0.6) is 0 Å². The molecular formula is C48H61Cl5N4O8. The average Bonchev–Trinajstić information content (AvgIpc) is 4.17. The maximum absolute atomic E-state index is 12.0. The fraction of sp³-hybridized carbons (Fsp3) is 0.583. The second-order valence-corrected chi connectivity index (χ2v) is 21.1. The largest absolute Gasteiger partial charge is 0.444 e. The maximum atomic E-state index is 12.0. The molecule has 2 aromatic carbocycles. The van der Waals surface area contributed by atoms with E-state index in [9.17, 15) is 14.7 Å². The van der Waals surface area contributed by atoms with Gasteiger partial charge in [0.05, 0.1) is 44.8 Å². The normalized spacial score (nSPS) is 21.0. The Kier molecular flexibility index (Phi) is 17.9. The van der Waals surface area contributed by atoms with Crippen molar-refractivity contribution in [1.82, 2.24) is 20.9 Å². The zero-order valence-corrected chi connectivity index (χ0v) is 41.7. The quantitative estimate of drug-likeness (QED) is 0.131. The molecule has 0 radical (unpaired) electrons. The van der Waals surface area contributed by atoms with Gasteiger partial charge in [-0.05, 0) is 143 Å². The number of carbonyl (C=O) groups excluding carboxylic acids is 2. The Morgan fingerprint density at radius 2 is 1.02 bits per heavy atom. The highest BCUT2D eigenvalue weighted by molar-refractivity contribution is 6.39. The third-order valence-corrected chi connectivity index (χ3v) is 12.9. The molecule has 12 nitrogen and oxygen atoms in total. The van der Waals surface area contributed by atoms with Gasteiger partial charge in [0, 0.05) is 46.2 Å². The first kappa shape index (κ1) is 51.2. The van der Waals surface area contributed by atoms with E-state index in [1.807, 2.05) is 47.6 Å². The molecule has 65 heavy (non-hydrogen) atoms. The highest BCUT2D eigenvalue weighted by Gasteiger charge is 2.35. The molecule has 0 spiro atoms. The molecule has 356 valence electrons. The minimum Gasteiger partial charge on any atom is -0.444 e. The van der Waals surface area contributed by atoms with Crippen LogP contribution in [0.1, 0.15) is 153 Å². The highest BCUT2D eigenvalue weighted by Crippen LogP contribution is 2.47. The molecule has 4 fully saturated rings. The third kappa shape index (κ3) is 15.1. The van der Waals surface area contributed by atoms with Gasteiger partial charge in [0.25, 0.3) is 0 Å². The molecule has 3 N–H and O–H groups in total. The summed E-state index contributed by atoms with van der Waals surface area (Å²) in [6, 6.07) is 11.1. The molecule has 2 aromatic heterocycles. The number of amides is 2. The predicted molar refractivity (Wildman–Crippen MR) is 255 cm³/mol. The molecule has 4 saturated carbocycles. The van der Waals surface area contributed by atoms with Gasteiger partial charge in [0.15, 0.2) is 0 Å². The summed E-state index contributed by atoms with van der Waals surface area (Å²) in [5, 5.41) is 25.7. The standard InChI is InChI=1S/C24H30Cl2N2O4.C13H10Cl3NO.C11H21NO3/c1-24(2,3)31-23(29)27-15-9-11-16(12-10-15)30-13-17-21(28-32-22(17)14-7-8-14)20-18(25)5-4-6-19(20)26;14-6-8-12(17-18-13(8)7-4-5-7)11-9(15)2-1-3-10(11)16;1-11(2,3)15-10(14)12-8-4-6-9(13)7-5-8/h4-6,14-16H,7-13H2,1-3H3,(H,27,29);1-3,7H,4-6H2;8-9,13H,4-7H2,1-3H3,(H,12,14). The van der Waals surface area contributed by atoms with Gasteiger partial charge in [-0.15, -0.1) is 11.6 Å². The van der Waals surface area contributed by atoms with Gasteiger partial charge < -0.3 is 39.0 Å². The minimum absolute atomic E-state index is 0.111. The molecule has 4 aliphatic rings. The number of hydrogen-bond acceptors (Lipinski definition) is 10. The number of ether oxygens (including phenoxy) is 3.